The lowest BCUT2D eigenvalue weighted by Crippen LogP contribution is -2.08. The molecule has 0 fully saturated rings. The molecule has 12 heteroatoms. The van der Waals surface area contributed by atoms with Crippen LogP contribution in [-0.2, 0) is 0 Å². The minimum atomic E-state index is 0.472. The molecule has 0 saturated heterocycles. The molecule has 23 aromatic carbocycles. The summed E-state index contributed by atoms with van der Waals surface area (Å²) in [5, 5.41) is 28.3. The van der Waals surface area contributed by atoms with E-state index < -0.39 is 0 Å². The van der Waals surface area contributed by atoms with E-state index in [4.69, 9.17) is 38.7 Å². The molecule has 656 valence electrons. The first-order valence-corrected chi connectivity index (χ1v) is 48.2. The van der Waals surface area contributed by atoms with E-state index in [1.807, 2.05) is 0 Å². The van der Waals surface area contributed by atoms with Crippen LogP contribution in [0.25, 0.3) is 309 Å². The van der Waals surface area contributed by atoms with Crippen molar-refractivity contribution in [2.75, 3.05) is 0 Å². The number of hydrogen-bond acceptors (Lipinski definition) is 8. The van der Waals surface area contributed by atoms with Crippen molar-refractivity contribution in [2.24, 2.45) is 0 Å². The number of para-hydroxylation sites is 4. The molecule has 8 aromatic heterocycles. The van der Waals surface area contributed by atoms with Crippen molar-refractivity contribution in [1.82, 2.24) is 48.2 Å². The number of furan rings is 2. The Hall–Kier alpha value is -19.3. The van der Waals surface area contributed by atoms with Gasteiger partial charge in [-0.3, -0.25) is 4.57 Å². The molecule has 0 unspecified atom stereocenters. The van der Waals surface area contributed by atoms with Gasteiger partial charge < -0.3 is 22.5 Å². The zero-order valence-corrected chi connectivity index (χ0v) is 76.0. The van der Waals surface area contributed by atoms with E-state index in [0.717, 1.165) is 268 Å². The first-order chi connectivity index (χ1) is 70.4. The Bertz CT molecular complexity index is 11000. The molecule has 0 radical (unpaired) electrons. The molecular formula is C130H74N10O2. The lowest BCUT2D eigenvalue weighted by Gasteiger charge is -2.17. The number of fused-ring (bicyclic) bond motifs is 29. The van der Waals surface area contributed by atoms with Gasteiger partial charge in [-0.2, -0.15) is 9.97 Å². The van der Waals surface area contributed by atoms with Crippen molar-refractivity contribution in [3.05, 3.63) is 449 Å². The smallest absolute Gasteiger partial charge is 0.238 e. The second-order valence-corrected chi connectivity index (χ2v) is 37.4. The first-order valence-electron chi connectivity index (χ1n) is 48.2. The normalized spacial score (nSPS) is 12.2. The standard InChI is InChI=1S/C130H74N10O2/c1-2-40-89(41-3-1)137-107-52-20-18-47-95(107)97-49-25-51-101(120(97)137)127-131-125(132-128(134-127)102-61-66-114-118(99-59-54-78-29-11-16-45-93(78)123(99)141-114)121(102)138-110-64-56-76-27-9-14-43-91(76)116(110)105-71-83-31-4-6-33-85(83)73-112(105)138)88-39-23-38-82(69-88)80-36-22-37-81(68-80)87-58-63-109-104(70-87)96-48-19-21-53-108(96)140(109)130-135-126(98-50-24-35-75-26-8-13-42-90(75)98)133-129(136-130)103-62-67-115-119(100-60-55-79-30-12-17-46-94(79)124(100)142-115)122(103)139-111-65-57-77-28-10-15-44-92(77)117(111)106-72-84-32-5-7-34-86(84)74-113(106)139/h1-74H. The lowest BCUT2D eigenvalue weighted by atomic mass is 9.97. The predicted octanol–water partition coefficient (Wildman–Crippen LogP) is 34.0. The third-order valence-electron chi connectivity index (χ3n) is 29.7. The quantitative estimate of drug-likeness (QED) is 0.125. The molecule has 12 nitrogen and oxygen atoms in total. The summed E-state index contributed by atoms with van der Waals surface area (Å²) in [5.74, 6) is 3.03. The Morgan fingerprint density at radius 3 is 1.11 bits per heavy atom. The van der Waals surface area contributed by atoms with Crippen LogP contribution in [0.15, 0.2) is 458 Å². The number of hydrogen-bond donors (Lipinski definition) is 0. The zero-order chi connectivity index (χ0) is 92.6. The summed E-state index contributed by atoms with van der Waals surface area (Å²) in [5.41, 5.74) is 22.3. The highest BCUT2D eigenvalue weighted by atomic mass is 16.3. The van der Waals surface area contributed by atoms with E-state index in [1.165, 1.54) is 5.39 Å². The Kier molecular flexibility index (Phi) is 16.5. The Labute approximate surface area is 809 Å². The second-order valence-electron chi connectivity index (χ2n) is 37.4. The maximum absolute atomic E-state index is 7.25. The van der Waals surface area contributed by atoms with Crippen LogP contribution in [0.3, 0.4) is 0 Å². The van der Waals surface area contributed by atoms with Crippen LogP contribution >= 0.6 is 0 Å². The maximum atomic E-state index is 7.25. The third-order valence-corrected chi connectivity index (χ3v) is 29.7. The van der Waals surface area contributed by atoms with Crippen molar-refractivity contribution >= 4 is 207 Å². The van der Waals surface area contributed by atoms with Gasteiger partial charge in [0.1, 0.15) is 22.3 Å². The van der Waals surface area contributed by atoms with Crippen LogP contribution in [0.5, 0.6) is 0 Å². The van der Waals surface area contributed by atoms with Crippen molar-refractivity contribution in [1.29, 1.82) is 0 Å². The van der Waals surface area contributed by atoms with Gasteiger partial charge in [0, 0.05) is 98.1 Å². The summed E-state index contributed by atoms with van der Waals surface area (Å²) in [6.45, 7) is 0. The topological polar surface area (TPSA) is 123 Å². The highest BCUT2D eigenvalue weighted by Crippen LogP contribution is 2.52. The highest BCUT2D eigenvalue weighted by molar-refractivity contribution is 6.29. The molecule has 0 aliphatic rings. The summed E-state index contributed by atoms with van der Waals surface area (Å²) in [6, 6.07) is 162. The third kappa shape index (κ3) is 11.6. The van der Waals surface area contributed by atoms with Crippen molar-refractivity contribution in [3.63, 3.8) is 0 Å². The van der Waals surface area contributed by atoms with Gasteiger partial charge in [-0.05, 0) is 214 Å². The van der Waals surface area contributed by atoms with Crippen LogP contribution in [0.2, 0.25) is 0 Å². The Balaban J connectivity index is 0.596. The molecule has 142 heavy (non-hydrogen) atoms. The molecule has 0 aliphatic heterocycles. The number of benzene rings is 23. The number of nitrogens with zero attached hydrogens (tertiary/aromatic N) is 10. The summed E-state index contributed by atoms with van der Waals surface area (Å²) < 4.78 is 24.0. The Morgan fingerprint density at radius 2 is 0.542 bits per heavy atom. The van der Waals surface area contributed by atoms with Crippen LogP contribution in [0.1, 0.15) is 0 Å². The monoisotopic (exact) mass is 1810 g/mol. The van der Waals surface area contributed by atoms with Gasteiger partial charge >= 0.3 is 0 Å². The van der Waals surface area contributed by atoms with Crippen LogP contribution in [0.4, 0.5) is 0 Å². The molecule has 31 rings (SSSR count). The van der Waals surface area contributed by atoms with Gasteiger partial charge in [0.25, 0.3) is 0 Å². The minimum absolute atomic E-state index is 0.472. The fourth-order valence-corrected chi connectivity index (χ4v) is 23.4. The van der Waals surface area contributed by atoms with E-state index in [0.29, 0.717) is 35.1 Å². The molecule has 0 saturated carbocycles. The van der Waals surface area contributed by atoms with Crippen LogP contribution in [-0.4, -0.2) is 48.2 Å². The lowest BCUT2D eigenvalue weighted by molar-refractivity contribution is 0.672. The van der Waals surface area contributed by atoms with Crippen LogP contribution < -0.4 is 0 Å². The molecule has 0 amide bonds. The molecule has 31 aromatic rings. The van der Waals surface area contributed by atoms with Gasteiger partial charge in [-0.15, -0.1) is 0 Å². The van der Waals surface area contributed by atoms with Crippen molar-refractivity contribution in [2.45, 2.75) is 0 Å². The predicted molar refractivity (Wildman–Crippen MR) is 586 cm³/mol. The van der Waals surface area contributed by atoms with E-state index >= 15 is 0 Å². The summed E-state index contributed by atoms with van der Waals surface area (Å²) >= 11 is 0. The molecule has 8 heterocycles. The highest BCUT2D eigenvalue weighted by Gasteiger charge is 2.32. The zero-order valence-electron chi connectivity index (χ0n) is 76.0. The average Bonchev–Trinajstić information content (AvgIpc) is 1.54. The summed E-state index contributed by atoms with van der Waals surface area (Å²) in [6.07, 6.45) is 0. The molecule has 0 spiro atoms. The molecule has 0 atom stereocenters. The number of aromatic nitrogens is 10. The molecular weight excluding hydrogens is 1730 g/mol. The van der Waals surface area contributed by atoms with Crippen molar-refractivity contribution < 1.29 is 8.83 Å². The first kappa shape index (κ1) is 77.9. The van der Waals surface area contributed by atoms with Gasteiger partial charge in [-0.25, -0.2) is 19.9 Å². The van der Waals surface area contributed by atoms with E-state index in [9.17, 15) is 0 Å². The second kappa shape index (κ2) is 30.1. The van der Waals surface area contributed by atoms with Gasteiger partial charge in [0.2, 0.25) is 5.95 Å². The van der Waals surface area contributed by atoms with E-state index in [2.05, 4.69) is 467 Å². The SMILES string of the molecule is c1ccc(-n2c3ccccc3c3cccc(-c4nc(-c5cccc(-c6cccc(-c7ccc8c(c7)c7ccccc7n8-c7nc(-c8ccc9oc%10c%11ccccc%11ccc%10c9c8-n8c9cc%10ccccc%10cc9c9c%10ccccc%10ccc98)nc(-c8cccc9ccccc89)n7)c6)c5)nc(-c5ccc6oc7c8ccccc8ccc7c6c5-n5c6cc7ccccc7cc6c6c7ccccc7ccc65)n4)c32)cc1. The fraction of sp³-hybridized carbons (Fsp3) is 0. The molecule has 0 aliphatic carbocycles. The van der Waals surface area contributed by atoms with Gasteiger partial charge in [0.05, 0.1) is 66.3 Å². The summed E-state index contributed by atoms with van der Waals surface area (Å²) in [4.78, 5) is 35.0. The van der Waals surface area contributed by atoms with Crippen LogP contribution in [0, 0.1) is 0 Å². The largest absolute Gasteiger partial charge is 0.455 e. The number of rotatable bonds is 11. The molecule has 0 bridgehead atoms. The van der Waals surface area contributed by atoms with Crippen molar-refractivity contribution in [3.8, 4) is 102 Å². The Morgan fingerprint density at radius 1 is 0.169 bits per heavy atom. The van der Waals surface area contributed by atoms with E-state index in [-0.39, 0.29) is 0 Å². The average molecular weight is 1810 g/mol. The summed E-state index contributed by atoms with van der Waals surface area (Å²) in [7, 11) is 0. The van der Waals surface area contributed by atoms with Gasteiger partial charge in [0.15, 0.2) is 29.1 Å². The minimum Gasteiger partial charge on any atom is -0.455 e. The molecule has 0 N–H and O–H groups in total. The fourth-order valence-electron chi connectivity index (χ4n) is 23.4. The maximum Gasteiger partial charge on any atom is 0.238 e. The van der Waals surface area contributed by atoms with Gasteiger partial charge in [-0.1, -0.05) is 322 Å². The van der Waals surface area contributed by atoms with E-state index in [1.54, 1.807) is 0 Å².